The molecule has 2 heteroatoms. The molecule has 1 aromatic carbocycles. The smallest absolute Gasteiger partial charge is 0.173 e. The summed E-state index contributed by atoms with van der Waals surface area (Å²) in [5.74, 6) is 0. The average molecular weight is 154 g/mol. The maximum atomic E-state index is 11.7. The van der Waals surface area contributed by atoms with Gasteiger partial charge in [-0.2, -0.15) is 8.78 Å². The SMILES string of the molecule is Cc1cccc(C=C(F)F)c1. The van der Waals surface area contributed by atoms with Gasteiger partial charge in [-0.25, -0.2) is 0 Å². The van der Waals surface area contributed by atoms with Crippen LogP contribution < -0.4 is 0 Å². The lowest BCUT2D eigenvalue weighted by Gasteiger charge is -1.93. The van der Waals surface area contributed by atoms with Gasteiger partial charge in [0.15, 0.2) is 0 Å². The second kappa shape index (κ2) is 3.28. The zero-order chi connectivity index (χ0) is 8.27. The highest BCUT2D eigenvalue weighted by Gasteiger charge is 1.91. The Hall–Kier alpha value is -1.18. The Morgan fingerprint density at radius 1 is 1.36 bits per heavy atom. The number of hydrogen-bond acceptors (Lipinski definition) is 0. The molecule has 0 spiro atoms. The van der Waals surface area contributed by atoms with E-state index in [1.54, 1.807) is 18.2 Å². The summed E-state index contributed by atoms with van der Waals surface area (Å²) in [5.41, 5.74) is 1.53. The zero-order valence-electron chi connectivity index (χ0n) is 6.14. The molecule has 0 aromatic heterocycles. The standard InChI is InChI=1S/C9H8F2/c1-7-3-2-4-8(5-7)6-9(10)11/h2-6H,1H3. The van der Waals surface area contributed by atoms with Crippen LogP contribution in [0.25, 0.3) is 6.08 Å². The maximum absolute atomic E-state index is 11.7. The Balaban J connectivity index is 2.97. The minimum Gasteiger partial charge on any atom is -0.173 e. The molecule has 0 aliphatic rings. The van der Waals surface area contributed by atoms with Gasteiger partial charge in [0.25, 0.3) is 6.08 Å². The van der Waals surface area contributed by atoms with Gasteiger partial charge in [-0.3, -0.25) is 0 Å². The summed E-state index contributed by atoms with van der Waals surface area (Å²) < 4.78 is 23.4. The molecule has 0 aliphatic heterocycles. The van der Waals surface area contributed by atoms with Crippen LogP contribution in [0.4, 0.5) is 8.78 Å². The Kier molecular flexibility index (Phi) is 2.36. The van der Waals surface area contributed by atoms with Crippen molar-refractivity contribution in [3.63, 3.8) is 0 Å². The normalized spacial score (nSPS) is 9.36. The summed E-state index contributed by atoms with van der Waals surface area (Å²) in [5, 5.41) is 0. The molecular formula is C9H8F2. The minimum atomic E-state index is -1.66. The van der Waals surface area contributed by atoms with Crippen LogP contribution in [0.5, 0.6) is 0 Å². The van der Waals surface area contributed by atoms with E-state index in [2.05, 4.69) is 0 Å². The summed E-state index contributed by atoms with van der Waals surface area (Å²) in [6.07, 6.45) is -0.803. The maximum Gasteiger partial charge on any atom is 0.270 e. The molecule has 0 radical (unpaired) electrons. The number of benzene rings is 1. The van der Waals surface area contributed by atoms with Crippen LogP contribution in [0, 0.1) is 6.92 Å². The van der Waals surface area contributed by atoms with Crippen LogP contribution in [0.2, 0.25) is 0 Å². The van der Waals surface area contributed by atoms with Crippen molar-refractivity contribution in [3.8, 4) is 0 Å². The fourth-order valence-corrected chi connectivity index (χ4v) is 0.886. The molecule has 58 valence electrons. The van der Waals surface area contributed by atoms with E-state index >= 15 is 0 Å². The molecule has 0 bridgehead atoms. The molecule has 1 aromatic rings. The number of rotatable bonds is 1. The van der Waals surface area contributed by atoms with Gasteiger partial charge in [0.2, 0.25) is 0 Å². The highest BCUT2D eigenvalue weighted by molar-refractivity contribution is 5.50. The average Bonchev–Trinajstić information content (AvgIpc) is 1.85. The van der Waals surface area contributed by atoms with E-state index in [9.17, 15) is 8.78 Å². The molecule has 0 amide bonds. The molecule has 0 unspecified atom stereocenters. The van der Waals surface area contributed by atoms with Crippen molar-refractivity contribution in [1.29, 1.82) is 0 Å². The van der Waals surface area contributed by atoms with Gasteiger partial charge in [-0.15, -0.1) is 0 Å². The molecule has 11 heavy (non-hydrogen) atoms. The lowest BCUT2D eigenvalue weighted by molar-refractivity contribution is 0.429. The second-order valence-corrected chi connectivity index (χ2v) is 2.35. The number of halogens is 2. The van der Waals surface area contributed by atoms with Crippen LogP contribution in [0.1, 0.15) is 11.1 Å². The van der Waals surface area contributed by atoms with E-state index in [0.717, 1.165) is 11.6 Å². The Bertz CT molecular complexity index is 273. The fourth-order valence-electron chi connectivity index (χ4n) is 0.886. The van der Waals surface area contributed by atoms with Crippen molar-refractivity contribution in [2.24, 2.45) is 0 Å². The topological polar surface area (TPSA) is 0 Å². The van der Waals surface area contributed by atoms with Gasteiger partial charge in [-0.1, -0.05) is 29.8 Å². The molecule has 0 aliphatic carbocycles. The molecule has 0 N–H and O–H groups in total. The minimum absolute atomic E-state index is 0.546. The third-order valence-electron chi connectivity index (χ3n) is 1.32. The molecular weight excluding hydrogens is 146 g/mol. The Morgan fingerprint density at radius 3 is 2.64 bits per heavy atom. The van der Waals surface area contributed by atoms with Gasteiger partial charge in [-0.05, 0) is 12.5 Å². The number of aryl methyl sites for hydroxylation is 1. The first-order valence-electron chi connectivity index (χ1n) is 3.28. The Morgan fingerprint density at radius 2 is 2.09 bits per heavy atom. The van der Waals surface area contributed by atoms with Gasteiger partial charge in [0.05, 0.1) is 0 Å². The Labute approximate surface area is 64.2 Å². The van der Waals surface area contributed by atoms with E-state index in [-0.39, 0.29) is 0 Å². The van der Waals surface area contributed by atoms with Crippen molar-refractivity contribution in [2.45, 2.75) is 6.92 Å². The quantitative estimate of drug-likeness (QED) is 0.582. The van der Waals surface area contributed by atoms with Crippen molar-refractivity contribution in [2.75, 3.05) is 0 Å². The molecule has 0 heterocycles. The fraction of sp³-hybridized carbons (Fsp3) is 0.111. The number of hydrogen-bond donors (Lipinski definition) is 0. The van der Waals surface area contributed by atoms with Crippen LogP contribution >= 0.6 is 0 Å². The largest absolute Gasteiger partial charge is 0.270 e. The van der Waals surface area contributed by atoms with Gasteiger partial charge in [0.1, 0.15) is 0 Å². The molecule has 0 saturated heterocycles. The first-order valence-corrected chi connectivity index (χ1v) is 3.28. The van der Waals surface area contributed by atoms with Crippen molar-refractivity contribution in [3.05, 3.63) is 41.5 Å². The van der Waals surface area contributed by atoms with Crippen molar-refractivity contribution >= 4 is 6.08 Å². The van der Waals surface area contributed by atoms with Crippen molar-refractivity contribution in [1.82, 2.24) is 0 Å². The van der Waals surface area contributed by atoms with E-state index < -0.39 is 6.08 Å². The molecule has 0 saturated carbocycles. The summed E-state index contributed by atoms with van der Waals surface area (Å²) in [6, 6.07) is 6.98. The van der Waals surface area contributed by atoms with Gasteiger partial charge >= 0.3 is 0 Å². The lowest BCUT2D eigenvalue weighted by Crippen LogP contribution is -1.74. The molecule has 0 fully saturated rings. The van der Waals surface area contributed by atoms with Gasteiger partial charge in [0, 0.05) is 6.08 Å². The van der Waals surface area contributed by atoms with E-state index in [1.165, 1.54) is 0 Å². The summed E-state index contributed by atoms with van der Waals surface area (Å²) >= 11 is 0. The van der Waals surface area contributed by atoms with Crippen LogP contribution in [0.3, 0.4) is 0 Å². The van der Waals surface area contributed by atoms with E-state index in [4.69, 9.17) is 0 Å². The summed E-state index contributed by atoms with van der Waals surface area (Å²) in [6.45, 7) is 1.87. The van der Waals surface area contributed by atoms with Gasteiger partial charge < -0.3 is 0 Å². The highest BCUT2D eigenvalue weighted by atomic mass is 19.3. The molecule has 0 nitrogen and oxygen atoms in total. The third-order valence-corrected chi connectivity index (χ3v) is 1.32. The van der Waals surface area contributed by atoms with Crippen molar-refractivity contribution < 1.29 is 8.78 Å². The van der Waals surface area contributed by atoms with Crippen LogP contribution in [-0.4, -0.2) is 0 Å². The first kappa shape index (κ1) is 7.92. The molecule has 1 rings (SSSR count). The monoisotopic (exact) mass is 154 g/mol. The molecule has 0 atom stereocenters. The van der Waals surface area contributed by atoms with Crippen LogP contribution in [0.15, 0.2) is 30.3 Å². The van der Waals surface area contributed by atoms with Crippen LogP contribution in [-0.2, 0) is 0 Å². The zero-order valence-corrected chi connectivity index (χ0v) is 6.14. The summed E-state index contributed by atoms with van der Waals surface area (Å²) in [7, 11) is 0. The summed E-state index contributed by atoms with van der Waals surface area (Å²) in [4.78, 5) is 0. The predicted octanol–water partition coefficient (Wildman–Crippen LogP) is 3.23. The lowest BCUT2D eigenvalue weighted by atomic mass is 10.1. The van der Waals surface area contributed by atoms with E-state index in [0.29, 0.717) is 5.56 Å². The first-order chi connectivity index (χ1) is 5.18. The highest BCUT2D eigenvalue weighted by Crippen LogP contribution is 2.10. The predicted molar refractivity (Wildman–Crippen MR) is 41.4 cm³/mol. The second-order valence-electron chi connectivity index (χ2n) is 2.35. The van der Waals surface area contributed by atoms with E-state index in [1.807, 2.05) is 13.0 Å². The third kappa shape index (κ3) is 2.50.